The van der Waals surface area contributed by atoms with Crippen LogP contribution >= 0.6 is 0 Å². The first kappa shape index (κ1) is 14.3. The molecule has 1 saturated heterocycles. The quantitative estimate of drug-likeness (QED) is 0.883. The number of morpholine rings is 1. The van der Waals surface area contributed by atoms with Crippen LogP contribution in [0.25, 0.3) is 0 Å². The lowest BCUT2D eigenvalue weighted by Crippen LogP contribution is -2.41. The first-order valence-electron chi connectivity index (χ1n) is 6.67. The lowest BCUT2D eigenvalue weighted by atomic mass is 10.2. The van der Waals surface area contributed by atoms with Crippen LogP contribution in [0.4, 0.5) is 5.82 Å². The molecule has 6 heteroatoms. The van der Waals surface area contributed by atoms with Gasteiger partial charge in [-0.3, -0.25) is 4.79 Å². The summed E-state index contributed by atoms with van der Waals surface area (Å²) in [5, 5.41) is 12.0. The van der Waals surface area contributed by atoms with E-state index in [0.29, 0.717) is 50.7 Å². The molecule has 1 aromatic rings. The predicted molar refractivity (Wildman–Crippen MR) is 74.2 cm³/mol. The third-order valence-corrected chi connectivity index (χ3v) is 3.09. The second-order valence-electron chi connectivity index (χ2n) is 4.66. The van der Waals surface area contributed by atoms with Crippen molar-refractivity contribution in [2.24, 2.45) is 0 Å². The van der Waals surface area contributed by atoms with Crippen LogP contribution in [-0.2, 0) is 9.53 Å². The van der Waals surface area contributed by atoms with Gasteiger partial charge < -0.3 is 15.0 Å². The molecule has 106 valence electrons. The fraction of sp³-hybridized carbons (Fsp3) is 0.500. The van der Waals surface area contributed by atoms with Crippen molar-refractivity contribution in [3.05, 3.63) is 23.4 Å². The van der Waals surface area contributed by atoms with E-state index in [0.717, 1.165) is 5.69 Å². The van der Waals surface area contributed by atoms with E-state index < -0.39 is 0 Å². The molecule has 1 amide bonds. The number of hydrogen-bond acceptors (Lipinski definition) is 5. The minimum absolute atomic E-state index is 0.119. The van der Waals surface area contributed by atoms with Crippen molar-refractivity contribution in [2.75, 3.05) is 38.2 Å². The number of amides is 1. The zero-order chi connectivity index (χ0) is 14.4. The lowest BCUT2D eigenvalue weighted by molar-refractivity contribution is -0.134. The SMILES string of the molecule is Cc1cc(C#N)cc(NCCC(=O)N2CCOCC2)n1. The molecule has 0 aliphatic carbocycles. The van der Waals surface area contributed by atoms with Gasteiger partial charge in [0.25, 0.3) is 0 Å². The maximum atomic E-state index is 11.9. The minimum Gasteiger partial charge on any atom is -0.378 e. The third-order valence-electron chi connectivity index (χ3n) is 3.09. The highest BCUT2D eigenvalue weighted by molar-refractivity contribution is 5.76. The van der Waals surface area contributed by atoms with E-state index in [2.05, 4.69) is 16.4 Å². The fourth-order valence-corrected chi connectivity index (χ4v) is 2.09. The molecule has 6 nitrogen and oxygen atoms in total. The van der Waals surface area contributed by atoms with E-state index in [9.17, 15) is 4.79 Å². The second kappa shape index (κ2) is 6.87. The number of nitrogens with zero attached hydrogens (tertiary/aromatic N) is 3. The summed E-state index contributed by atoms with van der Waals surface area (Å²) in [6.45, 7) is 4.91. The molecule has 0 radical (unpaired) electrons. The van der Waals surface area contributed by atoms with Crippen LogP contribution in [0.5, 0.6) is 0 Å². The maximum absolute atomic E-state index is 11.9. The van der Waals surface area contributed by atoms with E-state index >= 15 is 0 Å². The first-order chi connectivity index (χ1) is 9.69. The zero-order valence-corrected chi connectivity index (χ0v) is 11.6. The van der Waals surface area contributed by atoms with Crippen LogP contribution in [0.1, 0.15) is 17.7 Å². The number of pyridine rings is 1. The minimum atomic E-state index is 0.119. The van der Waals surface area contributed by atoms with Crippen molar-refractivity contribution in [3.63, 3.8) is 0 Å². The summed E-state index contributed by atoms with van der Waals surface area (Å²) < 4.78 is 5.21. The molecular formula is C14H18N4O2. The van der Waals surface area contributed by atoms with Crippen LogP contribution < -0.4 is 5.32 Å². The summed E-state index contributed by atoms with van der Waals surface area (Å²) in [5.74, 6) is 0.755. The van der Waals surface area contributed by atoms with Crippen LogP contribution in [0, 0.1) is 18.3 Å². The van der Waals surface area contributed by atoms with E-state index in [4.69, 9.17) is 10.00 Å². The summed E-state index contributed by atoms with van der Waals surface area (Å²) in [6.07, 6.45) is 0.414. The van der Waals surface area contributed by atoms with E-state index in [1.54, 1.807) is 12.1 Å². The first-order valence-corrected chi connectivity index (χ1v) is 6.67. The molecule has 1 N–H and O–H groups in total. The normalized spacial score (nSPS) is 14.7. The smallest absolute Gasteiger partial charge is 0.224 e. The number of hydrogen-bond donors (Lipinski definition) is 1. The number of nitrogens with one attached hydrogen (secondary N) is 1. The van der Waals surface area contributed by atoms with Crippen LogP contribution in [0.3, 0.4) is 0 Å². The topological polar surface area (TPSA) is 78.2 Å². The Morgan fingerprint density at radius 2 is 2.25 bits per heavy atom. The number of carbonyl (C=O) groups is 1. The van der Waals surface area contributed by atoms with Gasteiger partial charge in [-0.05, 0) is 19.1 Å². The van der Waals surface area contributed by atoms with Gasteiger partial charge in [0, 0.05) is 31.7 Å². The molecule has 0 saturated carbocycles. The van der Waals surface area contributed by atoms with Gasteiger partial charge >= 0.3 is 0 Å². The van der Waals surface area contributed by atoms with Gasteiger partial charge in [-0.2, -0.15) is 5.26 Å². The van der Waals surface area contributed by atoms with Gasteiger partial charge in [0.15, 0.2) is 0 Å². The standard InChI is InChI=1S/C14H18N4O2/c1-11-8-12(10-15)9-13(17-11)16-3-2-14(19)18-4-6-20-7-5-18/h8-9H,2-7H2,1H3,(H,16,17). The Hall–Kier alpha value is -2.13. The Morgan fingerprint density at radius 3 is 2.95 bits per heavy atom. The van der Waals surface area contributed by atoms with Gasteiger partial charge in [0.2, 0.25) is 5.91 Å². The number of anilines is 1. The Morgan fingerprint density at radius 1 is 1.50 bits per heavy atom. The van der Waals surface area contributed by atoms with E-state index in [-0.39, 0.29) is 5.91 Å². The molecule has 0 aromatic carbocycles. The van der Waals surface area contributed by atoms with Crippen LogP contribution in [-0.4, -0.2) is 48.6 Å². The van der Waals surface area contributed by atoms with Gasteiger partial charge in [-0.25, -0.2) is 4.98 Å². The van der Waals surface area contributed by atoms with E-state index in [1.165, 1.54) is 0 Å². The molecule has 0 unspecified atom stereocenters. The molecule has 1 fully saturated rings. The van der Waals surface area contributed by atoms with Gasteiger partial charge in [0.05, 0.1) is 24.8 Å². The number of aromatic nitrogens is 1. The number of ether oxygens (including phenoxy) is 1. The molecular weight excluding hydrogens is 256 g/mol. The molecule has 0 atom stereocenters. The Labute approximate surface area is 118 Å². The monoisotopic (exact) mass is 274 g/mol. The van der Waals surface area contributed by atoms with E-state index in [1.807, 2.05) is 11.8 Å². The van der Waals surface area contributed by atoms with Gasteiger partial charge in [0.1, 0.15) is 5.82 Å². The number of nitriles is 1. The van der Waals surface area contributed by atoms with Gasteiger partial charge in [-0.15, -0.1) is 0 Å². The lowest BCUT2D eigenvalue weighted by Gasteiger charge is -2.26. The Bertz CT molecular complexity index is 518. The Balaban J connectivity index is 1.82. The highest BCUT2D eigenvalue weighted by Crippen LogP contribution is 2.09. The van der Waals surface area contributed by atoms with Crippen molar-refractivity contribution >= 4 is 11.7 Å². The molecule has 1 aliphatic rings. The summed E-state index contributed by atoms with van der Waals surface area (Å²) in [5.41, 5.74) is 1.35. The summed E-state index contributed by atoms with van der Waals surface area (Å²) in [6, 6.07) is 5.50. The van der Waals surface area contributed by atoms with Crippen molar-refractivity contribution in [3.8, 4) is 6.07 Å². The predicted octanol–water partition coefficient (Wildman–Crippen LogP) is 0.922. The Kier molecular flexibility index (Phi) is 4.91. The third kappa shape index (κ3) is 3.93. The largest absolute Gasteiger partial charge is 0.378 e. The number of aryl methyl sites for hydroxylation is 1. The molecule has 2 heterocycles. The van der Waals surface area contributed by atoms with Crippen LogP contribution in [0.2, 0.25) is 0 Å². The second-order valence-corrected chi connectivity index (χ2v) is 4.66. The molecule has 1 aliphatic heterocycles. The molecule has 20 heavy (non-hydrogen) atoms. The highest BCUT2D eigenvalue weighted by Gasteiger charge is 2.16. The highest BCUT2D eigenvalue weighted by atomic mass is 16.5. The summed E-state index contributed by atoms with van der Waals surface area (Å²) >= 11 is 0. The zero-order valence-electron chi connectivity index (χ0n) is 11.6. The van der Waals surface area contributed by atoms with Crippen molar-refractivity contribution < 1.29 is 9.53 Å². The van der Waals surface area contributed by atoms with Crippen molar-refractivity contribution in [1.29, 1.82) is 5.26 Å². The fourth-order valence-electron chi connectivity index (χ4n) is 2.09. The maximum Gasteiger partial charge on any atom is 0.224 e. The summed E-state index contributed by atoms with van der Waals surface area (Å²) in [4.78, 5) is 18.0. The average molecular weight is 274 g/mol. The average Bonchev–Trinajstić information content (AvgIpc) is 2.47. The summed E-state index contributed by atoms with van der Waals surface area (Å²) in [7, 11) is 0. The number of carbonyl (C=O) groups excluding carboxylic acids is 1. The van der Waals surface area contributed by atoms with Crippen LogP contribution in [0.15, 0.2) is 12.1 Å². The van der Waals surface area contributed by atoms with Crippen molar-refractivity contribution in [2.45, 2.75) is 13.3 Å². The molecule has 1 aromatic heterocycles. The number of rotatable bonds is 4. The molecule has 0 spiro atoms. The molecule has 0 bridgehead atoms. The molecule has 2 rings (SSSR count). The van der Waals surface area contributed by atoms with Crippen molar-refractivity contribution in [1.82, 2.24) is 9.88 Å². The van der Waals surface area contributed by atoms with Gasteiger partial charge in [-0.1, -0.05) is 0 Å².